The molecule has 1 N–H and O–H groups in total. The van der Waals surface area contributed by atoms with Gasteiger partial charge in [0.15, 0.2) is 0 Å². The quantitative estimate of drug-likeness (QED) is 0.912. The number of halogens is 2. The van der Waals surface area contributed by atoms with Crippen LogP contribution in [0.25, 0.3) is 0 Å². The van der Waals surface area contributed by atoms with Crippen LogP contribution in [-0.4, -0.2) is 16.1 Å². The average Bonchev–Trinajstić information content (AvgIpc) is 2.83. The van der Waals surface area contributed by atoms with Gasteiger partial charge in [0.1, 0.15) is 11.6 Å². The van der Waals surface area contributed by atoms with Crippen molar-refractivity contribution in [3.63, 3.8) is 0 Å². The molecule has 17 heavy (non-hydrogen) atoms. The minimum Gasteiger partial charge on any atom is -0.306 e. The van der Waals surface area contributed by atoms with Crippen LogP contribution < -0.4 is 5.32 Å². The van der Waals surface area contributed by atoms with Crippen molar-refractivity contribution in [2.24, 2.45) is 0 Å². The van der Waals surface area contributed by atoms with E-state index in [1.807, 2.05) is 6.92 Å². The molecule has 90 valence electrons. The van der Waals surface area contributed by atoms with Gasteiger partial charge in [-0.2, -0.15) is 0 Å². The summed E-state index contributed by atoms with van der Waals surface area (Å²) in [4.78, 5) is 0.761. The van der Waals surface area contributed by atoms with E-state index in [0.29, 0.717) is 6.54 Å². The summed E-state index contributed by atoms with van der Waals surface area (Å²) in [5, 5.41) is 6.81. The van der Waals surface area contributed by atoms with Gasteiger partial charge in [-0.25, -0.2) is 8.78 Å². The SMILES string of the molecule is CCNC(c1cnns1)c1cc(F)ccc1F. The van der Waals surface area contributed by atoms with Crippen LogP contribution in [0.5, 0.6) is 0 Å². The van der Waals surface area contributed by atoms with Crippen LogP contribution in [0.15, 0.2) is 24.4 Å². The van der Waals surface area contributed by atoms with Crippen LogP contribution in [0.1, 0.15) is 23.4 Å². The molecule has 1 unspecified atom stereocenters. The Labute approximate surface area is 102 Å². The first-order chi connectivity index (χ1) is 8.22. The summed E-state index contributed by atoms with van der Waals surface area (Å²) < 4.78 is 30.6. The van der Waals surface area contributed by atoms with Gasteiger partial charge in [0.2, 0.25) is 0 Å². The number of aromatic nitrogens is 2. The van der Waals surface area contributed by atoms with Crippen molar-refractivity contribution in [1.82, 2.24) is 14.9 Å². The zero-order valence-corrected chi connectivity index (χ0v) is 9.97. The number of benzene rings is 1. The summed E-state index contributed by atoms with van der Waals surface area (Å²) in [7, 11) is 0. The summed E-state index contributed by atoms with van der Waals surface area (Å²) in [6.07, 6.45) is 1.56. The van der Waals surface area contributed by atoms with Crippen LogP contribution in [0.3, 0.4) is 0 Å². The maximum absolute atomic E-state index is 13.7. The topological polar surface area (TPSA) is 37.8 Å². The molecule has 0 amide bonds. The number of hydrogen-bond donors (Lipinski definition) is 1. The van der Waals surface area contributed by atoms with E-state index >= 15 is 0 Å². The highest BCUT2D eigenvalue weighted by Crippen LogP contribution is 2.26. The van der Waals surface area contributed by atoms with Gasteiger partial charge in [-0.05, 0) is 36.3 Å². The fourth-order valence-electron chi connectivity index (χ4n) is 1.61. The third-order valence-electron chi connectivity index (χ3n) is 2.34. The molecule has 0 saturated carbocycles. The van der Waals surface area contributed by atoms with Crippen molar-refractivity contribution in [1.29, 1.82) is 0 Å². The first-order valence-corrected chi connectivity index (χ1v) is 5.95. The molecular formula is C11H11F2N3S. The predicted octanol–water partition coefficient (Wildman–Crippen LogP) is 2.52. The number of rotatable bonds is 4. The predicted molar refractivity (Wildman–Crippen MR) is 61.8 cm³/mol. The van der Waals surface area contributed by atoms with Crippen molar-refractivity contribution in [2.75, 3.05) is 6.54 Å². The fraction of sp³-hybridized carbons (Fsp3) is 0.273. The Kier molecular flexibility index (Phi) is 3.75. The summed E-state index contributed by atoms with van der Waals surface area (Å²) >= 11 is 1.17. The Hall–Kier alpha value is -1.40. The van der Waals surface area contributed by atoms with Gasteiger partial charge in [-0.1, -0.05) is 11.4 Å². The Morgan fingerprint density at radius 3 is 2.88 bits per heavy atom. The molecule has 1 heterocycles. The molecule has 1 atom stereocenters. The van der Waals surface area contributed by atoms with Crippen LogP contribution in [0, 0.1) is 11.6 Å². The molecule has 0 radical (unpaired) electrons. The summed E-state index contributed by atoms with van der Waals surface area (Å²) in [5.41, 5.74) is 0.276. The van der Waals surface area contributed by atoms with Crippen molar-refractivity contribution in [3.8, 4) is 0 Å². The van der Waals surface area contributed by atoms with E-state index in [1.165, 1.54) is 17.6 Å². The molecule has 0 aliphatic carbocycles. The number of hydrogen-bond acceptors (Lipinski definition) is 4. The second-order valence-corrected chi connectivity index (χ2v) is 4.29. The molecule has 0 bridgehead atoms. The van der Waals surface area contributed by atoms with Crippen LogP contribution in [-0.2, 0) is 0 Å². The second kappa shape index (κ2) is 5.29. The molecule has 1 aromatic carbocycles. The van der Waals surface area contributed by atoms with E-state index in [0.717, 1.165) is 17.0 Å². The molecule has 0 saturated heterocycles. The van der Waals surface area contributed by atoms with Crippen molar-refractivity contribution in [3.05, 3.63) is 46.5 Å². The molecule has 0 aliphatic rings. The summed E-state index contributed by atoms with van der Waals surface area (Å²) in [6, 6.07) is 3.02. The number of nitrogens with one attached hydrogen (secondary N) is 1. The lowest BCUT2D eigenvalue weighted by molar-refractivity contribution is 0.548. The monoisotopic (exact) mass is 255 g/mol. The van der Waals surface area contributed by atoms with E-state index in [4.69, 9.17) is 0 Å². The maximum Gasteiger partial charge on any atom is 0.128 e. The normalized spacial score (nSPS) is 12.6. The van der Waals surface area contributed by atoms with E-state index in [1.54, 1.807) is 6.20 Å². The average molecular weight is 255 g/mol. The largest absolute Gasteiger partial charge is 0.306 e. The Morgan fingerprint density at radius 2 is 2.24 bits per heavy atom. The van der Waals surface area contributed by atoms with Crippen molar-refractivity contribution < 1.29 is 8.78 Å². The minimum atomic E-state index is -0.457. The van der Waals surface area contributed by atoms with E-state index < -0.39 is 17.7 Å². The van der Waals surface area contributed by atoms with Gasteiger partial charge < -0.3 is 5.32 Å². The van der Waals surface area contributed by atoms with Crippen LogP contribution >= 0.6 is 11.5 Å². The van der Waals surface area contributed by atoms with Gasteiger partial charge in [0.25, 0.3) is 0 Å². The standard InChI is InChI=1S/C11H11F2N3S/c1-2-14-11(10-6-15-16-17-10)8-5-7(12)3-4-9(8)13/h3-6,11,14H,2H2,1H3. The molecular weight excluding hydrogens is 244 g/mol. The molecule has 0 aliphatic heterocycles. The highest BCUT2D eigenvalue weighted by atomic mass is 32.1. The molecule has 6 heteroatoms. The van der Waals surface area contributed by atoms with Crippen molar-refractivity contribution in [2.45, 2.75) is 13.0 Å². The second-order valence-electron chi connectivity index (χ2n) is 3.48. The molecule has 1 aromatic heterocycles. The lowest BCUT2D eigenvalue weighted by atomic mass is 10.0. The highest BCUT2D eigenvalue weighted by Gasteiger charge is 2.19. The lowest BCUT2D eigenvalue weighted by Gasteiger charge is -2.16. The zero-order valence-electron chi connectivity index (χ0n) is 9.15. The lowest BCUT2D eigenvalue weighted by Crippen LogP contribution is -2.22. The minimum absolute atomic E-state index is 0.276. The third kappa shape index (κ3) is 2.65. The maximum atomic E-state index is 13.7. The van der Waals surface area contributed by atoms with Crippen LogP contribution in [0.4, 0.5) is 8.78 Å². The van der Waals surface area contributed by atoms with Gasteiger partial charge in [-0.3, -0.25) is 0 Å². The van der Waals surface area contributed by atoms with Crippen LogP contribution in [0.2, 0.25) is 0 Å². The summed E-state index contributed by atoms with van der Waals surface area (Å²) in [5.74, 6) is -0.896. The smallest absolute Gasteiger partial charge is 0.128 e. The first-order valence-electron chi connectivity index (χ1n) is 5.18. The molecule has 3 nitrogen and oxygen atoms in total. The Bertz CT molecular complexity index is 487. The zero-order chi connectivity index (χ0) is 12.3. The van der Waals surface area contributed by atoms with Gasteiger partial charge in [0, 0.05) is 5.56 Å². The third-order valence-corrected chi connectivity index (χ3v) is 3.07. The van der Waals surface area contributed by atoms with Crippen molar-refractivity contribution >= 4 is 11.5 Å². The highest BCUT2D eigenvalue weighted by molar-refractivity contribution is 7.05. The molecule has 0 fully saturated rings. The summed E-state index contributed by atoms with van der Waals surface area (Å²) in [6.45, 7) is 2.54. The number of nitrogens with zero attached hydrogens (tertiary/aromatic N) is 2. The van der Waals surface area contributed by atoms with Gasteiger partial charge in [0.05, 0.1) is 17.1 Å². The molecule has 2 rings (SSSR count). The van der Waals surface area contributed by atoms with E-state index in [2.05, 4.69) is 14.9 Å². The molecule has 2 aromatic rings. The van der Waals surface area contributed by atoms with E-state index in [9.17, 15) is 8.78 Å². The van der Waals surface area contributed by atoms with E-state index in [-0.39, 0.29) is 5.56 Å². The Morgan fingerprint density at radius 1 is 1.41 bits per heavy atom. The fourth-order valence-corrected chi connectivity index (χ4v) is 2.20. The van der Waals surface area contributed by atoms with Gasteiger partial charge >= 0.3 is 0 Å². The first kappa shape index (κ1) is 12.1. The molecule has 0 spiro atoms. The van der Waals surface area contributed by atoms with Gasteiger partial charge in [-0.15, -0.1) is 5.10 Å². The Balaban J connectivity index is 2.42.